The van der Waals surface area contributed by atoms with Gasteiger partial charge in [0.25, 0.3) is 0 Å². The van der Waals surface area contributed by atoms with Crippen molar-refractivity contribution < 1.29 is 4.79 Å². The largest absolute Gasteiger partial charge is 0.349 e. The highest BCUT2D eigenvalue weighted by atomic mass is 16.2. The van der Waals surface area contributed by atoms with Gasteiger partial charge < -0.3 is 9.80 Å². The van der Waals surface area contributed by atoms with E-state index in [0.717, 1.165) is 12.8 Å². The SMILES string of the molecule is CN(CC(=O)N(C)C1CCc2ccccc21)c1cnccn1. The van der Waals surface area contributed by atoms with Crippen LogP contribution in [0.3, 0.4) is 0 Å². The number of hydrogen-bond donors (Lipinski definition) is 0. The Morgan fingerprint density at radius 2 is 2.09 bits per heavy atom. The van der Waals surface area contributed by atoms with Crippen molar-refractivity contribution in [3.8, 4) is 0 Å². The van der Waals surface area contributed by atoms with Gasteiger partial charge >= 0.3 is 0 Å². The molecule has 1 aliphatic carbocycles. The molecule has 0 fully saturated rings. The van der Waals surface area contributed by atoms with Crippen LogP contribution >= 0.6 is 0 Å². The number of rotatable bonds is 4. The molecule has 0 saturated heterocycles. The van der Waals surface area contributed by atoms with Crippen LogP contribution in [-0.2, 0) is 11.2 Å². The van der Waals surface area contributed by atoms with Gasteiger partial charge in [0.1, 0.15) is 5.82 Å². The van der Waals surface area contributed by atoms with E-state index in [1.54, 1.807) is 18.6 Å². The average Bonchev–Trinajstić information content (AvgIpc) is 2.99. The quantitative estimate of drug-likeness (QED) is 0.866. The van der Waals surface area contributed by atoms with Crippen molar-refractivity contribution >= 4 is 11.7 Å². The lowest BCUT2D eigenvalue weighted by atomic mass is 10.1. The third-order valence-electron chi connectivity index (χ3n) is 4.28. The molecule has 1 aromatic heterocycles. The van der Waals surface area contributed by atoms with Crippen molar-refractivity contribution in [2.24, 2.45) is 0 Å². The molecule has 1 heterocycles. The van der Waals surface area contributed by atoms with Crippen molar-refractivity contribution in [3.05, 3.63) is 54.0 Å². The summed E-state index contributed by atoms with van der Waals surface area (Å²) in [6.07, 6.45) is 6.96. The Labute approximate surface area is 130 Å². The molecule has 0 aliphatic heterocycles. The summed E-state index contributed by atoms with van der Waals surface area (Å²) in [5, 5.41) is 0. The van der Waals surface area contributed by atoms with Crippen molar-refractivity contribution in [2.45, 2.75) is 18.9 Å². The summed E-state index contributed by atoms with van der Waals surface area (Å²) >= 11 is 0. The van der Waals surface area contributed by atoms with E-state index >= 15 is 0 Å². The van der Waals surface area contributed by atoms with Crippen molar-refractivity contribution in [1.82, 2.24) is 14.9 Å². The van der Waals surface area contributed by atoms with E-state index < -0.39 is 0 Å². The van der Waals surface area contributed by atoms with Crippen LogP contribution in [0.2, 0.25) is 0 Å². The second kappa shape index (κ2) is 6.13. The molecule has 22 heavy (non-hydrogen) atoms. The second-order valence-electron chi connectivity index (χ2n) is 5.68. The minimum absolute atomic E-state index is 0.0925. The summed E-state index contributed by atoms with van der Waals surface area (Å²) < 4.78 is 0. The fourth-order valence-electron chi connectivity index (χ4n) is 2.99. The van der Waals surface area contributed by atoms with E-state index in [4.69, 9.17) is 0 Å². The van der Waals surface area contributed by atoms with Gasteiger partial charge in [0.2, 0.25) is 5.91 Å². The van der Waals surface area contributed by atoms with Gasteiger partial charge in [-0.25, -0.2) is 4.98 Å². The van der Waals surface area contributed by atoms with Crippen LogP contribution in [0, 0.1) is 0 Å². The summed E-state index contributed by atoms with van der Waals surface area (Å²) in [5.74, 6) is 0.797. The number of anilines is 1. The van der Waals surface area contributed by atoms with Crippen LogP contribution in [0.15, 0.2) is 42.9 Å². The van der Waals surface area contributed by atoms with Gasteiger partial charge in [-0.1, -0.05) is 24.3 Å². The first-order valence-electron chi connectivity index (χ1n) is 7.47. The van der Waals surface area contributed by atoms with Crippen LogP contribution in [0.5, 0.6) is 0 Å². The Morgan fingerprint density at radius 3 is 2.86 bits per heavy atom. The Bertz CT molecular complexity index is 659. The molecule has 0 spiro atoms. The van der Waals surface area contributed by atoms with Gasteiger partial charge in [-0.2, -0.15) is 0 Å². The minimum Gasteiger partial charge on any atom is -0.349 e. The number of aromatic nitrogens is 2. The van der Waals surface area contributed by atoms with Gasteiger partial charge in [0, 0.05) is 26.5 Å². The van der Waals surface area contributed by atoms with E-state index in [9.17, 15) is 4.79 Å². The smallest absolute Gasteiger partial charge is 0.242 e. The van der Waals surface area contributed by atoms with Crippen LogP contribution < -0.4 is 4.90 Å². The van der Waals surface area contributed by atoms with E-state index in [1.807, 2.05) is 30.0 Å². The monoisotopic (exact) mass is 296 g/mol. The summed E-state index contributed by atoms with van der Waals surface area (Å²) in [7, 11) is 3.75. The standard InChI is InChI=1S/C17H20N4O/c1-20(16-11-18-9-10-19-16)12-17(22)21(2)15-8-7-13-5-3-4-6-14(13)15/h3-6,9-11,15H,7-8,12H2,1-2H3. The van der Waals surface area contributed by atoms with Gasteiger partial charge in [-0.15, -0.1) is 0 Å². The lowest BCUT2D eigenvalue weighted by molar-refractivity contribution is -0.130. The topological polar surface area (TPSA) is 49.3 Å². The number of hydrogen-bond acceptors (Lipinski definition) is 4. The molecule has 5 nitrogen and oxygen atoms in total. The number of amides is 1. The molecule has 0 radical (unpaired) electrons. The van der Waals surface area contributed by atoms with Crippen molar-refractivity contribution in [2.75, 3.05) is 25.5 Å². The fourth-order valence-corrected chi connectivity index (χ4v) is 2.99. The van der Waals surface area contributed by atoms with E-state index in [-0.39, 0.29) is 11.9 Å². The first-order chi connectivity index (χ1) is 10.7. The highest BCUT2D eigenvalue weighted by molar-refractivity contribution is 5.81. The number of carbonyl (C=O) groups is 1. The average molecular weight is 296 g/mol. The normalized spacial score (nSPS) is 16.2. The molecule has 114 valence electrons. The first kappa shape index (κ1) is 14.5. The van der Waals surface area contributed by atoms with E-state index in [2.05, 4.69) is 28.2 Å². The van der Waals surface area contributed by atoms with Crippen molar-refractivity contribution in [3.63, 3.8) is 0 Å². The maximum absolute atomic E-state index is 12.6. The number of fused-ring (bicyclic) bond motifs is 1. The minimum atomic E-state index is 0.0925. The molecule has 0 saturated carbocycles. The third kappa shape index (κ3) is 2.79. The van der Waals surface area contributed by atoms with Gasteiger partial charge in [0.05, 0.1) is 18.8 Å². The maximum atomic E-state index is 12.6. The van der Waals surface area contributed by atoms with Crippen LogP contribution in [-0.4, -0.2) is 41.4 Å². The van der Waals surface area contributed by atoms with Crippen LogP contribution in [0.25, 0.3) is 0 Å². The number of nitrogens with zero attached hydrogens (tertiary/aromatic N) is 4. The number of likely N-dealkylation sites (N-methyl/N-ethyl adjacent to an activating group) is 2. The summed E-state index contributed by atoms with van der Waals surface area (Å²) in [5.41, 5.74) is 2.63. The molecule has 0 N–H and O–H groups in total. The van der Waals surface area contributed by atoms with E-state index in [0.29, 0.717) is 12.4 Å². The molecule has 0 bridgehead atoms. The Hall–Kier alpha value is -2.43. The summed E-state index contributed by atoms with van der Waals surface area (Å²) in [6, 6.07) is 8.56. The molecule has 1 aliphatic rings. The lowest BCUT2D eigenvalue weighted by Gasteiger charge is -2.28. The number of aryl methyl sites for hydroxylation is 1. The molecule has 1 unspecified atom stereocenters. The van der Waals surface area contributed by atoms with Gasteiger partial charge in [-0.3, -0.25) is 9.78 Å². The van der Waals surface area contributed by atoms with Crippen LogP contribution in [0.4, 0.5) is 5.82 Å². The predicted molar refractivity (Wildman–Crippen MR) is 85.6 cm³/mol. The molecule has 5 heteroatoms. The molecule has 1 aromatic carbocycles. The molecule has 3 rings (SSSR count). The zero-order chi connectivity index (χ0) is 15.5. The fraction of sp³-hybridized carbons (Fsp3) is 0.353. The Balaban J connectivity index is 1.68. The maximum Gasteiger partial charge on any atom is 0.242 e. The highest BCUT2D eigenvalue weighted by Gasteiger charge is 2.28. The Morgan fingerprint density at radius 1 is 1.27 bits per heavy atom. The summed E-state index contributed by atoms with van der Waals surface area (Å²) in [4.78, 5) is 24.5. The van der Waals surface area contributed by atoms with Crippen LogP contribution in [0.1, 0.15) is 23.6 Å². The second-order valence-corrected chi connectivity index (χ2v) is 5.68. The van der Waals surface area contributed by atoms with Gasteiger partial charge in [-0.05, 0) is 24.0 Å². The first-order valence-corrected chi connectivity index (χ1v) is 7.47. The highest BCUT2D eigenvalue weighted by Crippen LogP contribution is 2.34. The Kier molecular flexibility index (Phi) is 4.04. The zero-order valence-corrected chi connectivity index (χ0v) is 12.9. The lowest BCUT2D eigenvalue weighted by Crippen LogP contribution is -2.38. The number of benzene rings is 1. The molecular weight excluding hydrogens is 276 g/mol. The van der Waals surface area contributed by atoms with Crippen molar-refractivity contribution in [1.29, 1.82) is 0 Å². The molecule has 1 amide bonds. The molecule has 2 aromatic rings. The molecular formula is C17H20N4O. The third-order valence-corrected chi connectivity index (χ3v) is 4.28. The summed E-state index contributed by atoms with van der Waals surface area (Å²) in [6.45, 7) is 0.299. The predicted octanol–water partition coefficient (Wildman–Crippen LogP) is 2.06. The van der Waals surface area contributed by atoms with E-state index in [1.165, 1.54) is 11.1 Å². The molecule has 1 atom stereocenters. The van der Waals surface area contributed by atoms with Gasteiger partial charge in [0.15, 0.2) is 0 Å². The zero-order valence-electron chi connectivity index (χ0n) is 12.9. The number of carbonyl (C=O) groups excluding carboxylic acids is 1.